The Bertz CT molecular complexity index is 1650. The van der Waals surface area contributed by atoms with Crippen LogP contribution in [0, 0.1) is 23.7 Å². The van der Waals surface area contributed by atoms with Crippen molar-refractivity contribution in [3.63, 3.8) is 0 Å². The molecule has 0 unspecified atom stereocenters. The predicted octanol–water partition coefficient (Wildman–Crippen LogP) is 6.91. The van der Waals surface area contributed by atoms with E-state index in [4.69, 9.17) is 21.1 Å². The van der Waals surface area contributed by atoms with Crippen LogP contribution in [0.3, 0.4) is 0 Å². The number of nitrogens with one attached hydrogen (secondary N) is 1. The molecule has 46 heavy (non-hydrogen) atoms. The maximum Gasteiger partial charge on any atom is 0.417 e. The smallest absolute Gasteiger partial charge is 0.417 e. The first-order valence-corrected chi connectivity index (χ1v) is 17.8. The summed E-state index contributed by atoms with van der Waals surface area (Å²) in [5.74, 6) is -1.61. The van der Waals surface area contributed by atoms with Crippen molar-refractivity contribution in [1.82, 2.24) is 4.72 Å². The van der Waals surface area contributed by atoms with E-state index >= 15 is 0 Å². The van der Waals surface area contributed by atoms with Crippen LogP contribution in [0.1, 0.15) is 62.6 Å². The number of carbonyl (C=O) groups is 1. The number of nitrogens with zero attached hydrogens (tertiary/aromatic N) is 1. The maximum absolute atomic E-state index is 14.6. The predicted molar refractivity (Wildman–Crippen MR) is 170 cm³/mol. The molecule has 2 aliphatic heterocycles. The topological polar surface area (TPSA) is 84.9 Å². The van der Waals surface area contributed by atoms with E-state index < -0.39 is 43.9 Å². The van der Waals surface area contributed by atoms with Gasteiger partial charge in [-0.05, 0) is 91.7 Å². The summed E-state index contributed by atoms with van der Waals surface area (Å²) in [5.41, 5.74) is 0.463. The Labute approximate surface area is 273 Å². The minimum absolute atomic E-state index is 0.0299. The quantitative estimate of drug-likeness (QED) is 0.330. The molecule has 4 aliphatic rings. The minimum Gasteiger partial charge on any atom is -0.490 e. The van der Waals surface area contributed by atoms with Gasteiger partial charge in [0.2, 0.25) is 5.91 Å². The molecule has 2 heterocycles. The first kappa shape index (κ1) is 33.2. The maximum atomic E-state index is 14.6. The molecular weight excluding hydrogens is 641 g/mol. The van der Waals surface area contributed by atoms with Gasteiger partial charge in [-0.1, -0.05) is 43.7 Å². The van der Waals surface area contributed by atoms with E-state index in [1.165, 1.54) is 0 Å². The number of hydrogen-bond acceptors (Lipinski definition) is 6. The molecule has 1 spiro atoms. The van der Waals surface area contributed by atoms with Gasteiger partial charge in [0.05, 0.1) is 24.0 Å². The van der Waals surface area contributed by atoms with Crippen LogP contribution in [-0.2, 0) is 37.6 Å². The molecule has 1 saturated carbocycles. The zero-order valence-corrected chi connectivity index (χ0v) is 27.8. The van der Waals surface area contributed by atoms with Gasteiger partial charge in [-0.2, -0.15) is 13.2 Å². The lowest BCUT2D eigenvalue weighted by Crippen LogP contribution is -2.49. The molecule has 0 radical (unpaired) electrons. The van der Waals surface area contributed by atoms with Crippen LogP contribution >= 0.6 is 11.6 Å². The lowest BCUT2D eigenvalue weighted by molar-refractivity contribution is -0.140. The summed E-state index contributed by atoms with van der Waals surface area (Å²) < 4.78 is 85.2. The highest BCUT2D eigenvalue weighted by atomic mass is 35.5. The summed E-state index contributed by atoms with van der Waals surface area (Å²) in [6, 6.07) is 7.60. The summed E-state index contributed by atoms with van der Waals surface area (Å²) in [6.45, 7) is 4.40. The summed E-state index contributed by atoms with van der Waals surface area (Å²) in [6.07, 6.45) is 3.52. The van der Waals surface area contributed by atoms with E-state index in [1.54, 1.807) is 14.0 Å². The number of allylic oxidation sites excluding steroid dienone is 1. The number of fused-ring (bicyclic) bond motifs is 4. The van der Waals surface area contributed by atoms with Gasteiger partial charge < -0.3 is 14.4 Å². The molecule has 2 aromatic rings. The van der Waals surface area contributed by atoms with Crippen LogP contribution in [0.15, 0.2) is 47.4 Å². The van der Waals surface area contributed by atoms with E-state index in [0.29, 0.717) is 24.5 Å². The fourth-order valence-electron chi connectivity index (χ4n) is 7.69. The summed E-state index contributed by atoms with van der Waals surface area (Å²) in [4.78, 5) is 14.2. The van der Waals surface area contributed by atoms with Crippen molar-refractivity contribution in [2.24, 2.45) is 23.7 Å². The monoisotopic (exact) mass is 680 g/mol. The fourth-order valence-corrected chi connectivity index (χ4v) is 9.17. The highest BCUT2D eigenvalue weighted by Gasteiger charge is 2.46. The lowest BCUT2D eigenvalue weighted by Gasteiger charge is -2.46. The summed E-state index contributed by atoms with van der Waals surface area (Å²) >= 11 is 6.35. The standard InChI is InChI=1S/C34H40ClF3N2O5S/c1-20-6-4-8-29(44-3)25-11-9-23(25)17-40-18-33(13-5-7-22-14-24(35)10-12-26(22)33)19-45-30-15-27(34(36,37)38)31(16-28(30)40)46(42,43)39-32(41)21(20)2/h4,8,10,12,14-16,20-21,23,25,29H,5-7,9,11,13,17-19H2,1-3H3,(H,39,41)/b8-4+/t20-,21+,23-,25+,29-,33-/m0/s1. The van der Waals surface area contributed by atoms with Gasteiger partial charge in [0.25, 0.3) is 10.0 Å². The van der Waals surface area contributed by atoms with Crippen molar-refractivity contribution in [2.45, 2.75) is 75.0 Å². The van der Waals surface area contributed by atoms with E-state index in [0.717, 1.165) is 55.4 Å². The molecule has 6 atom stereocenters. The Morgan fingerprint density at radius 3 is 2.63 bits per heavy atom. The number of ether oxygens (including phenoxy) is 2. The number of carbonyl (C=O) groups excluding carboxylic acids is 1. The van der Waals surface area contributed by atoms with Crippen LogP contribution in [0.25, 0.3) is 0 Å². The van der Waals surface area contributed by atoms with Crippen molar-refractivity contribution in [1.29, 1.82) is 0 Å². The third-order valence-electron chi connectivity index (χ3n) is 10.7. The average molecular weight is 681 g/mol. The third-order valence-corrected chi connectivity index (χ3v) is 12.3. The van der Waals surface area contributed by atoms with Crippen molar-refractivity contribution in [2.75, 3.05) is 31.7 Å². The first-order chi connectivity index (χ1) is 21.7. The summed E-state index contributed by atoms with van der Waals surface area (Å²) in [7, 11) is -3.23. The highest BCUT2D eigenvalue weighted by molar-refractivity contribution is 7.90. The SMILES string of the molecule is CO[C@H]1/C=C/C[C@H](C)[C@@H](C)C(=O)NS(=O)(=O)c2cc3c(cc2C(F)(F)F)OC[C@]2(CCCc4cc(Cl)ccc42)CN3C[C@@H]2CC[C@H]21. The molecule has 1 fully saturated rings. The molecule has 0 saturated heterocycles. The van der Waals surface area contributed by atoms with E-state index in [-0.39, 0.29) is 41.9 Å². The number of sulfonamides is 1. The molecule has 2 bridgehead atoms. The van der Waals surface area contributed by atoms with Crippen LogP contribution in [0.5, 0.6) is 5.75 Å². The van der Waals surface area contributed by atoms with E-state index in [2.05, 4.69) is 0 Å². The number of rotatable bonds is 1. The fraction of sp³-hybridized carbons (Fsp3) is 0.559. The number of alkyl halides is 3. The van der Waals surface area contributed by atoms with Gasteiger partial charge in [0.1, 0.15) is 10.6 Å². The molecular formula is C34H40ClF3N2O5S. The Kier molecular flexibility index (Phi) is 8.91. The normalized spacial score (nSPS) is 31.8. The van der Waals surface area contributed by atoms with Crippen molar-refractivity contribution in [3.8, 4) is 5.75 Å². The second kappa shape index (κ2) is 12.4. The molecule has 7 nitrogen and oxygen atoms in total. The van der Waals surface area contributed by atoms with Gasteiger partial charge in [0.15, 0.2) is 0 Å². The van der Waals surface area contributed by atoms with Crippen molar-refractivity contribution in [3.05, 3.63) is 64.2 Å². The first-order valence-electron chi connectivity index (χ1n) is 15.9. The van der Waals surface area contributed by atoms with Gasteiger partial charge >= 0.3 is 6.18 Å². The number of hydrogen-bond donors (Lipinski definition) is 1. The Balaban J connectivity index is 1.52. The Morgan fingerprint density at radius 2 is 1.93 bits per heavy atom. The van der Waals surface area contributed by atoms with Gasteiger partial charge in [-0.25, -0.2) is 13.1 Å². The molecule has 12 heteroatoms. The van der Waals surface area contributed by atoms with E-state index in [1.807, 2.05) is 46.9 Å². The lowest BCUT2D eigenvalue weighted by atomic mass is 9.68. The van der Waals surface area contributed by atoms with Crippen LogP contribution in [0.4, 0.5) is 18.9 Å². The Morgan fingerprint density at radius 1 is 1.15 bits per heavy atom. The highest BCUT2D eigenvalue weighted by Crippen LogP contribution is 2.49. The third kappa shape index (κ3) is 6.15. The number of amides is 1. The van der Waals surface area contributed by atoms with Crippen LogP contribution < -0.4 is 14.4 Å². The van der Waals surface area contributed by atoms with Gasteiger partial charge in [-0.3, -0.25) is 4.79 Å². The second-order valence-electron chi connectivity index (χ2n) is 13.5. The number of methoxy groups -OCH3 is 1. The van der Waals surface area contributed by atoms with Gasteiger partial charge in [0, 0.05) is 36.6 Å². The Hall–Kier alpha value is -2.76. The van der Waals surface area contributed by atoms with Crippen molar-refractivity contribution < 1.29 is 35.9 Å². The average Bonchev–Trinajstić information content (AvgIpc) is 3.13. The molecule has 0 aromatic heterocycles. The zero-order chi connectivity index (χ0) is 33.0. The van der Waals surface area contributed by atoms with E-state index in [9.17, 15) is 26.4 Å². The second-order valence-corrected chi connectivity index (χ2v) is 15.6. The molecule has 250 valence electrons. The minimum atomic E-state index is -5.02. The molecule has 6 rings (SSSR count). The van der Waals surface area contributed by atoms with Crippen LogP contribution in [0.2, 0.25) is 5.02 Å². The van der Waals surface area contributed by atoms with Crippen molar-refractivity contribution >= 4 is 33.2 Å². The number of anilines is 1. The number of benzene rings is 2. The summed E-state index contributed by atoms with van der Waals surface area (Å²) in [5, 5.41) is 0.616. The zero-order valence-electron chi connectivity index (χ0n) is 26.2. The largest absolute Gasteiger partial charge is 0.490 e. The molecule has 2 aromatic carbocycles. The number of aryl methyl sites for hydroxylation is 1. The van der Waals surface area contributed by atoms with Crippen LogP contribution in [-0.4, -0.2) is 47.2 Å². The molecule has 1 N–H and O–H groups in total. The molecule has 1 amide bonds. The van der Waals surface area contributed by atoms with Gasteiger partial charge in [-0.15, -0.1) is 0 Å². The number of halogens is 4. The molecule has 2 aliphatic carbocycles.